The Morgan fingerprint density at radius 1 is 1.03 bits per heavy atom. The summed E-state index contributed by atoms with van der Waals surface area (Å²) in [6.07, 6.45) is 6.20. The summed E-state index contributed by atoms with van der Waals surface area (Å²) in [6, 6.07) is 7.01. The lowest BCUT2D eigenvalue weighted by atomic mass is 10.1. The van der Waals surface area contributed by atoms with E-state index < -0.39 is 0 Å². The molecule has 1 heterocycles. The van der Waals surface area contributed by atoms with Crippen molar-refractivity contribution in [1.29, 1.82) is 0 Å². The number of aromatic nitrogens is 3. The van der Waals surface area contributed by atoms with Gasteiger partial charge in [0.1, 0.15) is 0 Å². The van der Waals surface area contributed by atoms with Gasteiger partial charge in [0.05, 0.1) is 6.04 Å². The second-order valence-corrected chi connectivity index (χ2v) is 6.69. The van der Waals surface area contributed by atoms with Crippen LogP contribution >= 0.6 is 11.6 Å². The van der Waals surface area contributed by atoms with Crippen LogP contribution in [0.25, 0.3) is 0 Å². The van der Waals surface area contributed by atoms with E-state index in [-0.39, 0.29) is 29.1 Å². The van der Waals surface area contributed by atoms with Gasteiger partial charge in [-0.2, -0.15) is 15.0 Å². The zero-order chi connectivity index (χ0) is 20.8. The number of hydrogen-bond donors (Lipinski definition) is 4. The van der Waals surface area contributed by atoms with Crippen molar-refractivity contribution in [3.8, 4) is 0 Å². The van der Waals surface area contributed by atoms with E-state index in [4.69, 9.17) is 11.6 Å². The minimum atomic E-state index is -0.162. The molecule has 0 saturated heterocycles. The van der Waals surface area contributed by atoms with Crippen molar-refractivity contribution in [3.63, 3.8) is 0 Å². The highest BCUT2D eigenvalue weighted by Crippen LogP contribution is 2.21. The molecule has 1 aromatic carbocycles. The topological polar surface area (TPSA) is 121 Å². The molecular formula is C19H20ClN7O2. The van der Waals surface area contributed by atoms with Gasteiger partial charge >= 0.3 is 0 Å². The Morgan fingerprint density at radius 3 is 2.52 bits per heavy atom. The third-order valence-electron chi connectivity index (χ3n) is 3.78. The van der Waals surface area contributed by atoms with Crippen LogP contribution < -0.4 is 21.3 Å². The summed E-state index contributed by atoms with van der Waals surface area (Å²) in [7, 11) is 0. The van der Waals surface area contributed by atoms with Gasteiger partial charge in [0.25, 0.3) is 0 Å². The van der Waals surface area contributed by atoms with Gasteiger partial charge in [0.15, 0.2) is 0 Å². The van der Waals surface area contributed by atoms with E-state index in [1.165, 1.54) is 13.8 Å². The monoisotopic (exact) mass is 413 g/mol. The molecule has 0 bridgehead atoms. The summed E-state index contributed by atoms with van der Waals surface area (Å²) in [5, 5.41) is 11.7. The van der Waals surface area contributed by atoms with Crippen LogP contribution in [0.3, 0.4) is 0 Å². The molecule has 1 aliphatic rings. The van der Waals surface area contributed by atoms with E-state index >= 15 is 0 Å². The third-order valence-corrected chi connectivity index (χ3v) is 3.95. The van der Waals surface area contributed by atoms with Crippen LogP contribution in [-0.4, -0.2) is 32.8 Å². The van der Waals surface area contributed by atoms with Crippen molar-refractivity contribution in [2.75, 3.05) is 16.0 Å². The first-order valence-electron chi connectivity index (χ1n) is 8.85. The lowest BCUT2D eigenvalue weighted by Crippen LogP contribution is -2.28. The van der Waals surface area contributed by atoms with Crippen molar-refractivity contribution in [2.45, 2.75) is 26.3 Å². The fourth-order valence-electron chi connectivity index (χ4n) is 2.74. The first-order chi connectivity index (χ1) is 13.9. The molecular weight excluding hydrogens is 394 g/mol. The fraction of sp³-hybridized carbons (Fsp3) is 0.211. The van der Waals surface area contributed by atoms with Crippen molar-refractivity contribution in [1.82, 2.24) is 20.3 Å². The predicted octanol–water partition coefficient (Wildman–Crippen LogP) is 2.99. The van der Waals surface area contributed by atoms with Crippen LogP contribution in [0.5, 0.6) is 0 Å². The van der Waals surface area contributed by atoms with Crippen LogP contribution in [0.4, 0.5) is 23.3 Å². The van der Waals surface area contributed by atoms with E-state index in [9.17, 15) is 9.59 Å². The second kappa shape index (κ2) is 9.16. The molecule has 4 N–H and O–H groups in total. The Kier molecular flexibility index (Phi) is 6.40. The van der Waals surface area contributed by atoms with E-state index in [0.29, 0.717) is 23.7 Å². The average molecular weight is 414 g/mol. The molecule has 10 heteroatoms. The highest BCUT2D eigenvalue weighted by Gasteiger charge is 2.15. The minimum absolute atomic E-state index is 0.0282. The Morgan fingerprint density at radius 2 is 1.76 bits per heavy atom. The van der Waals surface area contributed by atoms with Gasteiger partial charge in [-0.05, 0) is 35.9 Å². The van der Waals surface area contributed by atoms with Gasteiger partial charge in [0, 0.05) is 37.3 Å². The molecule has 1 aromatic heterocycles. The lowest BCUT2D eigenvalue weighted by molar-refractivity contribution is -0.118. The number of allylic oxidation sites excluding steroid dienone is 2. The SMILES string of the molecule is CC(=O)NC1=CC=CC(Nc2nc(Cl)nc(Nc3cccc(NC(C)=O)c3)n2)C1. The zero-order valence-corrected chi connectivity index (χ0v) is 16.6. The third kappa shape index (κ3) is 6.28. The quantitative estimate of drug-likeness (QED) is 0.574. The Balaban J connectivity index is 1.70. The van der Waals surface area contributed by atoms with Crippen molar-refractivity contribution in [2.24, 2.45) is 0 Å². The highest BCUT2D eigenvalue weighted by atomic mass is 35.5. The van der Waals surface area contributed by atoms with Crippen LogP contribution in [0.15, 0.2) is 48.2 Å². The van der Waals surface area contributed by atoms with Crippen molar-refractivity contribution >= 4 is 46.7 Å². The van der Waals surface area contributed by atoms with Crippen molar-refractivity contribution < 1.29 is 9.59 Å². The molecule has 2 aromatic rings. The maximum absolute atomic E-state index is 11.2. The molecule has 0 radical (unpaired) electrons. The van der Waals surface area contributed by atoms with Gasteiger partial charge in [0.2, 0.25) is 29.0 Å². The number of carbonyl (C=O) groups is 2. The van der Waals surface area contributed by atoms with Gasteiger partial charge in [-0.15, -0.1) is 0 Å². The number of anilines is 4. The molecule has 0 aliphatic heterocycles. The molecule has 0 fully saturated rings. The van der Waals surface area contributed by atoms with E-state index in [1.54, 1.807) is 18.2 Å². The highest BCUT2D eigenvalue weighted by molar-refractivity contribution is 6.28. The number of hydrogen-bond acceptors (Lipinski definition) is 7. The zero-order valence-electron chi connectivity index (χ0n) is 15.9. The number of benzene rings is 1. The molecule has 1 unspecified atom stereocenters. The summed E-state index contributed by atoms with van der Waals surface area (Å²) in [5.41, 5.74) is 2.12. The van der Waals surface area contributed by atoms with E-state index in [2.05, 4.69) is 36.2 Å². The number of amides is 2. The maximum atomic E-state index is 11.2. The summed E-state index contributed by atoms with van der Waals surface area (Å²) < 4.78 is 0. The van der Waals surface area contributed by atoms with E-state index in [1.807, 2.05) is 24.3 Å². The number of carbonyl (C=O) groups excluding carboxylic acids is 2. The minimum Gasteiger partial charge on any atom is -0.347 e. The molecule has 1 aliphatic carbocycles. The van der Waals surface area contributed by atoms with Gasteiger partial charge in [-0.3, -0.25) is 9.59 Å². The largest absolute Gasteiger partial charge is 0.347 e. The predicted molar refractivity (Wildman–Crippen MR) is 112 cm³/mol. The lowest BCUT2D eigenvalue weighted by Gasteiger charge is -2.20. The summed E-state index contributed by atoms with van der Waals surface area (Å²) in [4.78, 5) is 35.0. The summed E-state index contributed by atoms with van der Waals surface area (Å²) >= 11 is 6.05. The number of rotatable bonds is 6. The Hall–Kier alpha value is -3.46. The molecule has 3 rings (SSSR count). The first kappa shape index (κ1) is 20.3. The summed E-state index contributed by atoms with van der Waals surface area (Å²) in [5.74, 6) is 0.265. The number of halogens is 1. The molecule has 2 amide bonds. The van der Waals surface area contributed by atoms with Gasteiger partial charge in [-0.25, -0.2) is 0 Å². The molecule has 29 heavy (non-hydrogen) atoms. The van der Waals surface area contributed by atoms with Gasteiger partial charge < -0.3 is 21.3 Å². The molecule has 0 saturated carbocycles. The van der Waals surface area contributed by atoms with Crippen LogP contribution in [0.1, 0.15) is 20.3 Å². The average Bonchev–Trinajstić information content (AvgIpc) is 2.60. The second-order valence-electron chi connectivity index (χ2n) is 6.35. The smallest absolute Gasteiger partial charge is 0.233 e. The number of nitrogens with zero attached hydrogens (tertiary/aromatic N) is 3. The first-order valence-corrected chi connectivity index (χ1v) is 9.23. The maximum Gasteiger partial charge on any atom is 0.233 e. The Labute approximate surface area is 172 Å². The number of nitrogens with one attached hydrogen (secondary N) is 4. The standard InChI is InChI=1S/C19H20ClN7O2/c1-11(28)21-13-5-3-7-15(9-13)23-18-25-17(20)26-19(27-18)24-16-8-4-6-14(10-16)22-12(2)29/h3-9,16H,10H2,1-2H3,(H,21,28)(H,22,29)(H2,23,24,25,26,27). The van der Waals surface area contributed by atoms with Crippen LogP contribution in [-0.2, 0) is 9.59 Å². The Bertz CT molecular complexity index is 990. The normalized spacial score (nSPS) is 15.3. The fourth-order valence-corrected chi connectivity index (χ4v) is 2.90. The van der Waals surface area contributed by atoms with Crippen molar-refractivity contribution in [3.05, 3.63) is 53.5 Å². The van der Waals surface area contributed by atoms with Crippen LogP contribution in [0, 0.1) is 0 Å². The molecule has 1 atom stereocenters. The molecule has 0 spiro atoms. The van der Waals surface area contributed by atoms with Gasteiger partial charge in [-0.1, -0.05) is 18.2 Å². The summed E-state index contributed by atoms with van der Waals surface area (Å²) in [6.45, 7) is 2.91. The van der Waals surface area contributed by atoms with Crippen LogP contribution in [0.2, 0.25) is 5.28 Å². The van der Waals surface area contributed by atoms with E-state index in [0.717, 1.165) is 5.70 Å². The molecule has 150 valence electrons. The molecule has 9 nitrogen and oxygen atoms in total.